The molecular weight excluding hydrogens is 296 g/mol. The zero-order chi connectivity index (χ0) is 16.1. The molecule has 0 atom stereocenters. The van der Waals surface area contributed by atoms with Gasteiger partial charge in [0, 0.05) is 23.4 Å². The van der Waals surface area contributed by atoms with E-state index >= 15 is 0 Å². The van der Waals surface area contributed by atoms with E-state index in [0.717, 1.165) is 24.5 Å². The lowest BCUT2D eigenvalue weighted by atomic mass is 10.1. The van der Waals surface area contributed by atoms with Gasteiger partial charge in [0.1, 0.15) is 5.82 Å². The van der Waals surface area contributed by atoms with E-state index in [0.29, 0.717) is 0 Å². The molecule has 1 heterocycles. The van der Waals surface area contributed by atoms with Crippen molar-refractivity contribution in [2.24, 2.45) is 5.10 Å². The molecule has 6 nitrogen and oxygen atoms in total. The van der Waals surface area contributed by atoms with Gasteiger partial charge in [0.05, 0.1) is 11.8 Å². The average molecular weight is 305 g/mol. The Morgan fingerprint density at radius 3 is 2.59 bits per heavy atom. The molecular formula is C14H9F2N3O3. The number of halogens is 2. The predicted octanol–water partition coefficient (Wildman–Crippen LogP) is 1.82. The maximum atomic E-state index is 13.6. The first-order valence-electron chi connectivity index (χ1n) is 5.95. The van der Waals surface area contributed by atoms with Crippen LogP contribution in [0.1, 0.15) is 26.3 Å². The minimum absolute atomic E-state index is 0.00588. The fourth-order valence-electron chi connectivity index (χ4n) is 1.53. The summed E-state index contributed by atoms with van der Waals surface area (Å²) in [7, 11) is 0. The van der Waals surface area contributed by atoms with Gasteiger partial charge in [-0.05, 0) is 24.3 Å². The van der Waals surface area contributed by atoms with E-state index in [-0.39, 0.29) is 16.7 Å². The summed E-state index contributed by atoms with van der Waals surface area (Å²) in [6.45, 7) is 0. The first-order chi connectivity index (χ1) is 10.5. The van der Waals surface area contributed by atoms with Crippen LogP contribution in [0.4, 0.5) is 8.78 Å². The molecule has 0 aliphatic carbocycles. The summed E-state index contributed by atoms with van der Waals surface area (Å²) in [6, 6.07) is 5.46. The summed E-state index contributed by atoms with van der Waals surface area (Å²) in [5.74, 6) is -3.56. The summed E-state index contributed by atoms with van der Waals surface area (Å²) in [5, 5.41) is 12.2. The Balaban J connectivity index is 2.06. The van der Waals surface area contributed by atoms with Gasteiger partial charge in [0.15, 0.2) is 0 Å². The Bertz CT molecular complexity index is 763. The van der Waals surface area contributed by atoms with Gasteiger partial charge < -0.3 is 5.11 Å². The summed E-state index contributed by atoms with van der Waals surface area (Å²) in [6.07, 6.45) is 2.13. The van der Waals surface area contributed by atoms with Crippen LogP contribution in [-0.2, 0) is 0 Å². The van der Waals surface area contributed by atoms with Crippen molar-refractivity contribution in [2.45, 2.75) is 0 Å². The summed E-state index contributed by atoms with van der Waals surface area (Å²) in [5.41, 5.74) is 1.89. The number of pyridine rings is 1. The SMILES string of the molecule is O=C(O)c1ccc(/C=N/NC(=O)c2ccnc(F)c2)c(F)c1. The second-order valence-corrected chi connectivity index (χ2v) is 4.11. The van der Waals surface area contributed by atoms with Gasteiger partial charge in [-0.15, -0.1) is 0 Å². The highest BCUT2D eigenvalue weighted by Gasteiger charge is 2.08. The molecule has 0 bridgehead atoms. The number of carboxylic acids is 1. The van der Waals surface area contributed by atoms with E-state index < -0.39 is 23.6 Å². The quantitative estimate of drug-likeness (QED) is 0.512. The Kier molecular flexibility index (Phi) is 4.52. The number of carbonyl (C=O) groups is 2. The Morgan fingerprint density at radius 1 is 1.18 bits per heavy atom. The van der Waals surface area contributed by atoms with Crippen LogP contribution < -0.4 is 5.43 Å². The van der Waals surface area contributed by atoms with E-state index in [4.69, 9.17) is 5.11 Å². The lowest BCUT2D eigenvalue weighted by molar-refractivity contribution is 0.0696. The van der Waals surface area contributed by atoms with Crippen LogP contribution >= 0.6 is 0 Å². The van der Waals surface area contributed by atoms with Crippen molar-refractivity contribution in [1.29, 1.82) is 0 Å². The first-order valence-corrected chi connectivity index (χ1v) is 5.95. The number of rotatable bonds is 4. The molecule has 1 amide bonds. The summed E-state index contributed by atoms with van der Waals surface area (Å²) in [4.78, 5) is 25.6. The second-order valence-electron chi connectivity index (χ2n) is 4.11. The summed E-state index contributed by atoms with van der Waals surface area (Å²) < 4.78 is 26.4. The van der Waals surface area contributed by atoms with Crippen LogP contribution in [0.25, 0.3) is 0 Å². The van der Waals surface area contributed by atoms with E-state index in [9.17, 15) is 18.4 Å². The van der Waals surface area contributed by atoms with Crippen LogP contribution in [-0.4, -0.2) is 28.2 Å². The molecule has 1 aromatic heterocycles. The Morgan fingerprint density at radius 2 is 1.95 bits per heavy atom. The van der Waals surface area contributed by atoms with Crippen molar-refractivity contribution >= 4 is 18.1 Å². The lowest BCUT2D eigenvalue weighted by Crippen LogP contribution is -2.18. The van der Waals surface area contributed by atoms with Gasteiger partial charge in [-0.2, -0.15) is 9.49 Å². The molecule has 0 saturated carbocycles. The number of carbonyl (C=O) groups excluding carboxylic acids is 1. The minimum atomic E-state index is -1.25. The molecule has 2 aromatic rings. The third-order valence-corrected chi connectivity index (χ3v) is 2.61. The van der Waals surface area contributed by atoms with Crippen LogP contribution in [0, 0.1) is 11.8 Å². The van der Waals surface area contributed by atoms with E-state index in [1.54, 1.807) is 0 Å². The van der Waals surface area contributed by atoms with Gasteiger partial charge in [-0.1, -0.05) is 0 Å². The molecule has 2 N–H and O–H groups in total. The number of nitrogens with one attached hydrogen (secondary N) is 1. The number of hydrogen-bond acceptors (Lipinski definition) is 4. The molecule has 112 valence electrons. The summed E-state index contributed by atoms with van der Waals surface area (Å²) >= 11 is 0. The van der Waals surface area contributed by atoms with Crippen molar-refractivity contribution in [1.82, 2.24) is 10.4 Å². The molecule has 0 spiro atoms. The lowest BCUT2D eigenvalue weighted by Gasteiger charge is -2.00. The highest BCUT2D eigenvalue weighted by atomic mass is 19.1. The Hall–Kier alpha value is -3.16. The Labute approximate surface area is 123 Å². The monoisotopic (exact) mass is 305 g/mol. The number of nitrogens with zero attached hydrogens (tertiary/aromatic N) is 2. The fraction of sp³-hybridized carbons (Fsp3) is 0. The number of aromatic carboxylic acids is 1. The normalized spacial score (nSPS) is 10.6. The number of hydrazone groups is 1. The van der Waals surface area contributed by atoms with Crippen molar-refractivity contribution in [3.05, 3.63) is 65.0 Å². The van der Waals surface area contributed by atoms with Crippen molar-refractivity contribution in [3.63, 3.8) is 0 Å². The number of hydrogen-bond donors (Lipinski definition) is 2. The zero-order valence-electron chi connectivity index (χ0n) is 11.0. The van der Waals surface area contributed by atoms with Crippen molar-refractivity contribution < 1.29 is 23.5 Å². The third-order valence-electron chi connectivity index (χ3n) is 2.61. The third kappa shape index (κ3) is 3.69. The second kappa shape index (κ2) is 6.53. The minimum Gasteiger partial charge on any atom is -0.478 e. The molecule has 0 aliphatic rings. The van der Waals surface area contributed by atoms with Crippen LogP contribution in [0.3, 0.4) is 0 Å². The van der Waals surface area contributed by atoms with Gasteiger partial charge in [0.2, 0.25) is 5.95 Å². The van der Waals surface area contributed by atoms with Gasteiger partial charge in [0.25, 0.3) is 5.91 Å². The van der Waals surface area contributed by atoms with Crippen LogP contribution in [0.2, 0.25) is 0 Å². The van der Waals surface area contributed by atoms with Gasteiger partial charge >= 0.3 is 5.97 Å². The molecule has 0 aliphatic heterocycles. The zero-order valence-corrected chi connectivity index (χ0v) is 11.0. The number of amides is 1. The highest BCUT2D eigenvalue weighted by Crippen LogP contribution is 2.08. The van der Waals surface area contributed by atoms with Crippen molar-refractivity contribution in [2.75, 3.05) is 0 Å². The molecule has 0 fully saturated rings. The number of aromatic nitrogens is 1. The van der Waals surface area contributed by atoms with Gasteiger partial charge in [-0.3, -0.25) is 4.79 Å². The largest absolute Gasteiger partial charge is 0.478 e. The van der Waals surface area contributed by atoms with E-state index in [1.807, 2.05) is 0 Å². The first kappa shape index (κ1) is 15.2. The van der Waals surface area contributed by atoms with E-state index in [1.165, 1.54) is 18.2 Å². The number of benzene rings is 1. The molecule has 8 heteroatoms. The molecule has 0 unspecified atom stereocenters. The molecule has 22 heavy (non-hydrogen) atoms. The topological polar surface area (TPSA) is 91.6 Å². The number of carboxylic acid groups (broad SMARTS) is 1. The van der Waals surface area contributed by atoms with Gasteiger partial charge in [-0.25, -0.2) is 19.6 Å². The predicted molar refractivity (Wildman–Crippen MR) is 72.6 cm³/mol. The van der Waals surface area contributed by atoms with Crippen LogP contribution in [0.5, 0.6) is 0 Å². The molecule has 0 radical (unpaired) electrons. The standard InChI is InChI=1S/C14H9F2N3O3/c15-11-5-9(14(21)22)1-2-10(11)7-18-19-13(20)8-3-4-17-12(16)6-8/h1-7H,(H,19,20)(H,21,22)/b18-7+. The van der Waals surface area contributed by atoms with Crippen LogP contribution in [0.15, 0.2) is 41.6 Å². The highest BCUT2D eigenvalue weighted by molar-refractivity contribution is 5.95. The molecule has 1 aromatic carbocycles. The van der Waals surface area contributed by atoms with E-state index in [2.05, 4.69) is 15.5 Å². The molecule has 0 saturated heterocycles. The maximum Gasteiger partial charge on any atom is 0.335 e. The van der Waals surface area contributed by atoms with Crippen molar-refractivity contribution in [3.8, 4) is 0 Å². The smallest absolute Gasteiger partial charge is 0.335 e. The average Bonchev–Trinajstić information content (AvgIpc) is 2.48. The maximum absolute atomic E-state index is 13.6. The fourth-order valence-corrected chi connectivity index (χ4v) is 1.53. The molecule has 2 rings (SSSR count).